The van der Waals surface area contributed by atoms with Crippen molar-refractivity contribution in [3.05, 3.63) is 94.8 Å². The number of amides is 2. The zero-order chi connectivity index (χ0) is 35.1. The molecule has 1 unspecified atom stereocenters. The number of ether oxygens (including phenoxy) is 2. The Morgan fingerprint density at radius 3 is 2.23 bits per heavy atom. The number of carbonyl (C=O) groups is 2. The number of nitrogens with two attached hydrogens (primary N) is 1. The molecule has 260 valence electrons. The van der Waals surface area contributed by atoms with Crippen molar-refractivity contribution in [3.63, 3.8) is 0 Å². The maximum Gasteiger partial charge on any atom is 0.416 e. The molecule has 1 aliphatic heterocycles. The number of benzene rings is 2. The number of hydrogen-bond donors (Lipinski definition) is 4. The Bertz CT molecular complexity index is 1530. The highest BCUT2D eigenvalue weighted by atomic mass is 19.4. The van der Waals surface area contributed by atoms with E-state index in [9.17, 15) is 44.7 Å². The molecular formula is C31H31F8N5O4. The molecule has 1 fully saturated rings. The van der Waals surface area contributed by atoms with E-state index < -0.39 is 72.2 Å². The monoisotopic (exact) mass is 689 g/mol. The molecule has 2 amide bonds. The highest BCUT2D eigenvalue weighted by Crippen LogP contribution is 2.33. The summed E-state index contributed by atoms with van der Waals surface area (Å²) in [5, 5.41) is 7.18. The zero-order valence-electron chi connectivity index (χ0n) is 25.0. The van der Waals surface area contributed by atoms with Gasteiger partial charge >= 0.3 is 18.4 Å². The summed E-state index contributed by atoms with van der Waals surface area (Å²) in [7, 11) is 0. The molecule has 0 aliphatic carbocycles. The summed E-state index contributed by atoms with van der Waals surface area (Å²) < 4.78 is 115. The summed E-state index contributed by atoms with van der Waals surface area (Å²) in [6, 6.07) is 7.10. The first-order valence-corrected chi connectivity index (χ1v) is 14.5. The summed E-state index contributed by atoms with van der Waals surface area (Å²) in [5.41, 5.74) is 6.12. The molecule has 1 aromatic heterocycles. The van der Waals surface area contributed by atoms with E-state index in [1.165, 1.54) is 30.5 Å². The molecule has 5 N–H and O–H groups in total. The van der Waals surface area contributed by atoms with Gasteiger partial charge in [-0.1, -0.05) is 24.3 Å². The summed E-state index contributed by atoms with van der Waals surface area (Å²) >= 11 is 0. The van der Waals surface area contributed by atoms with E-state index in [1.807, 2.05) is 0 Å². The Hall–Kier alpha value is -4.35. The molecule has 0 saturated carbocycles. The molecular weight excluding hydrogens is 658 g/mol. The van der Waals surface area contributed by atoms with Crippen LogP contribution in [-0.2, 0) is 26.9 Å². The molecule has 9 nitrogen and oxygen atoms in total. The number of alkyl carbamates (subject to hydrolysis) is 1. The Labute approximate surface area is 269 Å². The Balaban J connectivity index is 1.39. The van der Waals surface area contributed by atoms with Gasteiger partial charge in [0.2, 0.25) is 5.91 Å². The zero-order valence-corrected chi connectivity index (χ0v) is 25.0. The lowest BCUT2D eigenvalue weighted by molar-refractivity contribution is -0.137. The quantitative estimate of drug-likeness (QED) is 0.208. The largest absolute Gasteiger partial charge is 0.448 e. The lowest BCUT2D eigenvalue weighted by Gasteiger charge is -2.30. The van der Waals surface area contributed by atoms with Crippen molar-refractivity contribution in [1.82, 2.24) is 15.6 Å². The molecule has 48 heavy (non-hydrogen) atoms. The van der Waals surface area contributed by atoms with Gasteiger partial charge in [0.25, 0.3) is 0 Å². The van der Waals surface area contributed by atoms with Crippen LogP contribution < -0.4 is 21.7 Å². The molecule has 0 spiro atoms. The van der Waals surface area contributed by atoms with Gasteiger partial charge in [-0.15, -0.1) is 0 Å². The van der Waals surface area contributed by atoms with Gasteiger partial charge in [-0.05, 0) is 48.2 Å². The summed E-state index contributed by atoms with van der Waals surface area (Å²) in [6.45, 7) is -1.50. The van der Waals surface area contributed by atoms with E-state index >= 15 is 0 Å². The van der Waals surface area contributed by atoms with Crippen LogP contribution in [0.2, 0.25) is 0 Å². The summed E-state index contributed by atoms with van der Waals surface area (Å²) in [4.78, 5) is 28.7. The topological polar surface area (TPSA) is 128 Å². The highest BCUT2D eigenvalue weighted by molar-refractivity contribution is 5.96. The van der Waals surface area contributed by atoms with Crippen molar-refractivity contribution in [1.29, 1.82) is 0 Å². The Morgan fingerprint density at radius 1 is 1.00 bits per heavy atom. The predicted molar refractivity (Wildman–Crippen MR) is 156 cm³/mol. The number of rotatable bonds is 11. The molecule has 4 rings (SSSR count). The Kier molecular flexibility index (Phi) is 11.9. The fourth-order valence-electron chi connectivity index (χ4n) is 5.01. The van der Waals surface area contributed by atoms with Gasteiger partial charge in [0, 0.05) is 18.0 Å². The van der Waals surface area contributed by atoms with Gasteiger partial charge < -0.3 is 31.2 Å². The summed E-state index contributed by atoms with van der Waals surface area (Å²) in [6.07, 6.45) is -8.37. The van der Waals surface area contributed by atoms with Crippen molar-refractivity contribution in [2.45, 2.75) is 49.3 Å². The predicted octanol–water partition coefficient (Wildman–Crippen LogP) is 5.05. The van der Waals surface area contributed by atoms with Gasteiger partial charge in [-0.3, -0.25) is 9.78 Å². The average Bonchev–Trinajstić information content (AvgIpc) is 3.03. The average molecular weight is 690 g/mol. The molecule has 0 radical (unpaired) electrons. The normalized spacial score (nSPS) is 18.1. The van der Waals surface area contributed by atoms with Crippen molar-refractivity contribution < 1.29 is 54.2 Å². The van der Waals surface area contributed by atoms with Crippen LogP contribution >= 0.6 is 0 Å². The van der Waals surface area contributed by atoms with E-state index in [1.54, 1.807) is 5.32 Å². The first kappa shape index (κ1) is 36.5. The summed E-state index contributed by atoms with van der Waals surface area (Å²) in [5.74, 6) is -3.13. The minimum absolute atomic E-state index is 0.000592. The highest BCUT2D eigenvalue weighted by Gasteiger charge is 2.33. The second-order valence-electron chi connectivity index (χ2n) is 11.0. The third-order valence-electron chi connectivity index (χ3n) is 7.48. The number of hydrogen-bond acceptors (Lipinski definition) is 7. The van der Waals surface area contributed by atoms with E-state index in [0.717, 1.165) is 30.5 Å². The molecule has 0 bridgehead atoms. The number of anilines is 1. The number of aromatic nitrogens is 1. The number of halogens is 8. The number of alkyl halides is 6. The maximum absolute atomic E-state index is 14.9. The van der Waals surface area contributed by atoms with Crippen molar-refractivity contribution >= 4 is 17.7 Å². The third-order valence-corrected chi connectivity index (χ3v) is 7.48. The second-order valence-corrected chi connectivity index (χ2v) is 11.0. The van der Waals surface area contributed by atoms with E-state index in [4.69, 9.17) is 15.2 Å². The molecule has 4 atom stereocenters. The van der Waals surface area contributed by atoms with Gasteiger partial charge in [0.05, 0.1) is 48.4 Å². The molecule has 1 aliphatic rings. The van der Waals surface area contributed by atoms with E-state index in [-0.39, 0.29) is 49.4 Å². The van der Waals surface area contributed by atoms with Crippen LogP contribution in [0.25, 0.3) is 0 Å². The maximum atomic E-state index is 14.9. The third kappa shape index (κ3) is 10.3. The standard InChI is InChI=1S/C31H31F8N5O4/c32-20-7-3-18(4-8-20)26(17-1-5-19(6-2-17)31(37,38)39)27(40)28(45)44-25-13-41-12-24(33)23(25)10-9-22-11-42-21(14-47-22)15-48-29(46)43-16-30(34,35)36/h1-8,12-13,21-22,26-27,42H,9-11,14-16,40H2,(H,43,46)(H,44,45)/t21-,22+,26-,27?/m0/s1. The number of nitrogens with zero attached hydrogens (tertiary/aromatic N) is 1. The van der Waals surface area contributed by atoms with Crippen LogP contribution in [-0.4, -0.2) is 67.7 Å². The van der Waals surface area contributed by atoms with Crippen LogP contribution in [0.4, 0.5) is 45.6 Å². The molecule has 1 saturated heterocycles. The smallest absolute Gasteiger partial charge is 0.416 e. The first-order valence-electron chi connectivity index (χ1n) is 14.5. The van der Waals surface area contributed by atoms with E-state index in [0.29, 0.717) is 5.56 Å². The Morgan fingerprint density at radius 2 is 1.65 bits per heavy atom. The van der Waals surface area contributed by atoms with Gasteiger partial charge in [-0.25, -0.2) is 13.6 Å². The number of carbonyl (C=O) groups excluding carboxylic acids is 2. The molecule has 2 aromatic carbocycles. The van der Waals surface area contributed by atoms with Crippen molar-refractivity contribution in [2.75, 3.05) is 31.6 Å². The fraction of sp³-hybridized carbons (Fsp3) is 0.387. The van der Waals surface area contributed by atoms with Crippen LogP contribution in [0.3, 0.4) is 0 Å². The van der Waals surface area contributed by atoms with Gasteiger partial charge in [0.1, 0.15) is 24.8 Å². The van der Waals surface area contributed by atoms with Crippen LogP contribution in [0.1, 0.15) is 34.6 Å². The number of nitrogens with one attached hydrogen (secondary N) is 3. The van der Waals surface area contributed by atoms with Crippen LogP contribution in [0.5, 0.6) is 0 Å². The lowest BCUT2D eigenvalue weighted by Crippen LogP contribution is -2.49. The SMILES string of the molecule is NC(C(=O)Nc1cncc(F)c1CC[C@@H]1CN[C@H](COC(=O)NCC(F)(F)F)CO1)[C@H](c1ccc(F)cc1)c1ccc(C(F)(F)F)cc1. The number of morpholine rings is 1. The van der Waals surface area contributed by atoms with Crippen LogP contribution in [0.15, 0.2) is 60.9 Å². The first-order chi connectivity index (χ1) is 22.6. The molecule has 3 aromatic rings. The molecule has 2 heterocycles. The van der Waals surface area contributed by atoms with Gasteiger partial charge in [0.15, 0.2) is 0 Å². The van der Waals surface area contributed by atoms with Crippen molar-refractivity contribution in [2.24, 2.45) is 5.73 Å². The van der Waals surface area contributed by atoms with Crippen molar-refractivity contribution in [3.8, 4) is 0 Å². The lowest BCUT2D eigenvalue weighted by atomic mass is 9.84. The second kappa shape index (κ2) is 15.7. The van der Waals surface area contributed by atoms with Gasteiger partial charge in [-0.2, -0.15) is 26.3 Å². The molecule has 17 heteroatoms. The van der Waals surface area contributed by atoms with E-state index in [2.05, 4.69) is 15.6 Å². The van der Waals surface area contributed by atoms with Crippen LogP contribution in [0, 0.1) is 11.6 Å². The fourth-order valence-corrected chi connectivity index (χ4v) is 5.01. The minimum Gasteiger partial charge on any atom is -0.448 e. The number of pyridine rings is 1. The minimum atomic E-state index is -4.60.